The number of nitrogens with zero attached hydrogens (tertiary/aromatic N) is 2. The Morgan fingerprint density at radius 3 is 2.52 bits per heavy atom. The normalized spacial score (nSPS) is 21.5. The Hall–Kier alpha value is -2.44. The standard InChI is InChI=1S/C19H22N2O8S2/c1-4-5-14-16(19(23)28-10-12-6-8-13(9-7-12)21(24)25)20-17(22)15(18(20)30-14)11(2)29-31(3,26)27/h6-9,11,15,18H,4-5,10H2,1-3H3/t11?,15?,18-/m1/s1. The zero-order valence-corrected chi connectivity index (χ0v) is 18.8. The van der Waals surface area contributed by atoms with Crippen LogP contribution in [0.1, 0.15) is 32.3 Å². The SMILES string of the molecule is CCCC1=C(C(=O)OCc2ccc([N+](=O)[O-])cc2)N2C(=O)C(C(C)OS(C)(=O)=O)[C@H]2S1. The van der Waals surface area contributed by atoms with E-state index in [1.54, 1.807) is 0 Å². The lowest BCUT2D eigenvalue weighted by molar-refractivity contribution is -0.384. The van der Waals surface area contributed by atoms with Crippen molar-refractivity contribution in [3.8, 4) is 0 Å². The predicted molar refractivity (Wildman–Crippen MR) is 112 cm³/mol. The molecule has 0 N–H and O–H groups in total. The molecule has 1 aromatic carbocycles. The number of amides is 1. The number of esters is 1. The van der Waals surface area contributed by atoms with E-state index in [4.69, 9.17) is 8.92 Å². The van der Waals surface area contributed by atoms with Gasteiger partial charge in [-0.2, -0.15) is 8.42 Å². The van der Waals surface area contributed by atoms with E-state index in [9.17, 15) is 28.1 Å². The maximum atomic E-state index is 12.8. The monoisotopic (exact) mass is 470 g/mol. The molecule has 168 valence electrons. The van der Waals surface area contributed by atoms with Gasteiger partial charge in [0.15, 0.2) is 0 Å². The maximum Gasteiger partial charge on any atom is 0.356 e. The van der Waals surface area contributed by atoms with Crippen LogP contribution >= 0.6 is 11.8 Å². The zero-order valence-electron chi connectivity index (χ0n) is 17.1. The predicted octanol–water partition coefficient (Wildman–Crippen LogP) is 2.55. The Kier molecular flexibility index (Phi) is 6.72. The van der Waals surface area contributed by atoms with Crippen molar-refractivity contribution in [2.24, 2.45) is 5.92 Å². The van der Waals surface area contributed by atoms with Gasteiger partial charge in [-0.15, -0.1) is 11.8 Å². The van der Waals surface area contributed by atoms with Crippen LogP contribution in [0.5, 0.6) is 0 Å². The highest BCUT2D eigenvalue weighted by Crippen LogP contribution is 2.52. The highest BCUT2D eigenvalue weighted by Gasteiger charge is 2.58. The van der Waals surface area contributed by atoms with Crippen LogP contribution in [0, 0.1) is 16.0 Å². The number of hydrogen-bond acceptors (Lipinski definition) is 9. The number of benzene rings is 1. The Balaban J connectivity index is 1.71. The third kappa shape index (κ3) is 4.91. The molecule has 2 aliphatic rings. The first-order valence-corrected chi connectivity index (χ1v) is 12.2. The molecular weight excluding hydrogens is 448 g/mol. The summed E-state index contributed by atoms with van der Waals surface area (Å²) in [5.41, 5.74) is 0.675. The molecule has 2 aliphatic heterocycles. The molecule has 1 aromatic rings. The van der Waals surface area contributed by atoms with E-state index in [2.05, 4.69) is 0 Å². The largest absolute Gasteiger partial charge is 0.456 e. The molecule has 1 amide bonds. The Morgan fingerprint density at radius 2 is 1.97 bits per heavy atom. The van der Waals surface area contributed by atoms with Gasteiger partial charge in [0.2, 0.25) is 5.91 Å². The summed E-state index contributed by atoms with van der Waals surface area (Å²) >= 11 is 1.35. The van der Waals surface area contributed by atoms with E-state index >= 15 is 0 Å². The van der Waals surface area contributed by atoms with Crippen molar-refractivity contribution in [3.63, 3.8) is 0 Å². The van der Waals surface area contributed by atoms with Gasteiger partial charge in [-0.1, -0.05) is 13.3 Å². The average molecular weight is 471 g/mol. The quantitative estimate of drug-likeness (QED) is 0.175. The van der Waals surface area contributed by atoms with Crippen LogP contribution in [0.15, 0.2) is 34.9 Å². The van der Waals surface area contributed by atoms with Crippen molar-refractivity contribution in [2.75, 3.05) is 6.26 Å². The minimum atomic E-state index is -3.73. The summed E-state index contributed by atoms with van der Waals surface area (Å²) in [5.74, 6) is -1.74. The van der Waals surface area contributed by atoms with Crippen LogP contribution in [0.3, 0.4) is 0 Å². The summed E-state index contributed by atoms with van der Waals surface area (Å²) in [6.45, 7) is 3.36. The van der Waals surface area contributed by atoms with Crippen molar-refractivity contribution in [1.82, 2.24) is 4.90 Å². The van der Waals surface area contributed by atoms with Gasteiger partial charge in [0, 0.05) is 17.0 Å². The van der Waals surface area contributed by atoms with Crippen molar-refractivity contribution < 1.29 is 31.9 Å². The lowest BCUT2D eigenvalue weighted by atomic mass is 9.92. The number of nitro groups is 1. The highest BCUT2D eigenvalue weighted by atomic mass is 32.2. The van der Waals surface area contributed by atoms with Crippen molar-refractivity contribution in [2.45, 2.75) is 44.8 Å². The number of rotatable bonds is 9. The minimum Gasteiger partial charge on any atom is -0.456 e. The molecule has 2 heterocycles. The molecule has 3 rings (SSSR count). The summed E-state index contributed by atoms with van der Waals surface area (Å²) in [6.07, 6.45) is 1.39. The fourth-order valence-corrected chi connectivity index (χ4v) is 5.88. The number of carbonyl (C=O) groups excluding carboxylic acids is 2. The Morgan fingerprint density at radius 1 is 1.32 bits per heavy atom. The second-order valence-corrected chi connectivity index (χ2v) is 10.1. The summed E-state index contributed by atoms with van der Waals surface area (Å²) in [7, 11) is -3.73. The smallest absolute Gasteiger partial charge is 0.356 e. The molecule has 0 bridgehead atoms. The lowest BCUT2D eigenvalue weighted by Crippen LogP contribution is -2.61. The van der Waals surface area contributed by atoms with Gasteiger partial charge >= 0.3 is 5.97 Å². The molecule has 0 aromatic heterocycles. The van der Waals surface area contributed by atoms with Gasteiger partial charge < -0.3 is 4.74 Å². The molecule has 2 unspecified atom stereocenters. The van der Waals surface area contributed by atoms with Gasteiger partial charge in [-0.05, 0) is 31.0 Å². The fraction of sp³-hybridized carbons (Fsp3) is 0.474. The molecule has 12 heteroatoms. The van der Waals surface area contributed by atoms with Gasteiger partial charge in [0.1, 0.15) is 17.7 Å². The number of thioether (sulfide) groups is 1. The average Bonchev–Trinajstić information content (AvgIpc) is 2.99. The van der Waals surface area contributed by atoms with Crippen LogP contribution in [0.4, 0.5) is 5.69 Å². The van der Waals surface area contributed by atoms with Crippen LogP contribution in [-0.2, 0) is 35.2 Å². The van der Waals surface area contributed by atoms with E-state index in [0.29, 0.717) is 16.9 Å². The molecule has 1 fully saturated rings. The molecule has 0 spiro atoms. The topological polar surface area (TPSA) is 133 Å². The van der Waals surface area contributed by atoms with Crippen molar-refractivity contribution in [1.29, 1.82) is 0 Å². The van der Waals surface area contributed by atoms with Crippen LogP contribution < -0.4 is 0 Å². The van der Waals surface area contributed by atoms with E-state index in [1.165, 1.54) is 47.9 Å². The second kappa shape index (κ2) is 8.97. The van der Waals surface area contributed by atoms with Gasteiger partial charge in [-0.25, -0.2) is 4.79 Å². The number of ether oxygens (including phenoxy) is 1. The molecule has 1 saturated heterocycles. The first kappa shape index (κ1) is 23.2. The zero-order chi connectivity index (χ0) is 22.9. The van der Waals surface area contributed by atoms with Crippen molar-refractivity contribution >= 4 is 39.4 Å². The molecule has 0 saturated carbocycles. The molecule has 0 aliphatic carbocycles. The Labute approximate surface area is 183 Å². The number of non-ortho nitro benzene ring substituents is 1. The molecule has 3 atom stereocenters. The fourth-order valence-electron chi connectivity index (χ4n) is 3.50. The Bertz CT molecular complexity index is 1040. The lowest BCUT2D eigenvalue weighted by Gasteiger charge is -2.44. The van der Waals surface area contributed by atoms with E-state index in [1.807, 2.05) is 6.92 Å². The van der Waals surface area contributed by atoms with Crippen LogP contribution in [-0.4, -0.2) is 47.9 Å². The maximum absolute atomic E-state index is 12.8. The van der Waals surface area contributed by atoms with Gasteiger partial charge in [-0.3, -0.25) is 24.0 Å². The molecule has 31 heavy (non-hydrogen) atoms. The second-order valence-electron chi connectivity index (χ2n) is 7.27. The third-order valence-electron chi connectivity index (χ3n) is 4.87. The van der Waals surface area contributed by atoms with E-state index < -0.39 is 38.4 Å². The molecule has 0 radical (unpaired) electrons. The first-order chi connectivity index (χ1) is 14.5. The van der Waals surface area contributed by atoms with E-state index in [-0.39, 0.29) is 23.9 Å². The number of carbonyl (C=O) groups is 2. The summed E-state index contributed by atoms with van der Waals surface area (Å²) in [5, 5.41) is 10.3. The van der Waals surface area contributed by atoms with Crippen LogP contribution in [0.2, 0.25) is 0 Å². The van der Waals surface area contributed by atoms with E-state index in [0.717, 1.165) is 12.7 Å². The minimum absolute atomic E-state index is 0.0688. The van der Waals surface area contributed by atoms with Gasteiger partial charge in [0.25, 0.3) is 15.8 Å². The van der Waals surface area contributed by atoms with Crippen molar-refractivity contribution in [3.05, 3.63) is 50.5 Å². The third-order valence-corrected chi connectivity index (χ3v) is 6.95. The number of fused-ring (bicyclic) bond motifs is 1. The van der Waals surface area contributed by atoms with Gasteiger partial charge in [0.05, 0.1) is 23.2 Å². The summed E-state index contributed by atoms with van der Waals surface area (Å²) in [6, 6.07) is 5.63. The number of hydrogen-bond donors (Lipinski definition) is 0. The number of β-lactam (4-membered cyclic amide) rings is 1. The molecular formula is C19H22N2O8S2. The highest BCUT2D eigenvalue weighted by molar-refractivity contribution is 8.04. The number of allylic oxidation sites excluding steroid dienone is 1. The number of nitro benzene ring substituents is 1. The summed E-state index contributed by atoms with van der Waals surface area (Å²) < 4.78 is 33.2. The van der Waals surface area contributed by atoms with Crippen LogP contribution in [0.25, 0.3) is 0 Å². The first-order valence-electron chi connectivity index (χ1n) is 9.55. The summed E-state index contributed by atoms with van der Waals surface area (Å²) in [4.78, 5) is 37.8. The molecule has 10 nitrogen and oxygen atoms in total.